The molecule has 0 saturated carbocycles. The number of rotatable bonds is 3. The van der Waals surface area contributed by atoms with Gasteiger partial charge in [-0.3, -0.25) is 9.88 Å². The largest absolute Gasteiger partial charge is 0.447 e. The van der Waals surface area contributed by atoms with E-state index in [1.54, 1.807) is 21.9 Å². The van der Waals surface area contributed by atoms with Crippen LogP contribution in [0.1, 0.15) is 16.8 Å². The van der Waals surface area contributed by atoms with E-state index in [2.05, 4.69) is 15.0 Å². The fourth-order valence-electron chi connectivity index (χ4n) is 4.02. The normalized spacial score (nSPS) is 16.2. The lowest BCUT2D eigenvalue weighted by Gasteiger charge is -2.32. The number of fused-ring (bicyclic) bond motifs is 1. The van der Waals surface area contributed by atoms with Gasteiger partial charge in [-0.15, -0.1) is 0 Å². The van der Waals surface area contributed by atoms with Gasteiger partial charge >= 0.3 is 12.3 Å². The van der Waals surface area contributed by atoms with Crippen molar-refractivity contribution in [3.63, 3.8) is 0 Å². The number of pyridine rings is 1. The van der Waals surface area contributed by atoms with Crippen molar-refractivity contribution in [2.24, 2.45) is 0 Å². The highest BCUT2D eigenvalue weighted by Gasteiger charge is 2.35. The van der Waals surface area contributed by atoms with Crippen molar-refractivity contribution in [1.82, 2.24) is 15.0 Å². The molecule has 7 nitrogen and oxygen atoms in total. The maximum atomic E-state index is 13.6. The summed E-state index contributed by atoms with van der Waals surface area (Å²) in [6, 6.07) is 9.76. The summed E-state index contributed by atoms with van der Waals surface area (Å²) >= 11 is 0. The van der Waals surface area contributed by atoms with Crippen molar-refractivity contribution in [1.29, 1.82) is 0 Å². The van der Waals surface area contributed by atoms with E-state index in [1.165, 1.54) is 12.4 Å². The second-order valence-corrected chi connectivity index (χ2v) is 7.52. The molecular weight excluding hydrogens is 423 g/mol. The first-order chi connectivity index (χ1) is 15.4. The molecule has 5 rings (SSSR count). The second-order valence-electron chi connectivity index (χ2n) is 7.52. The van der Waals surface area contributed by atoms with E-state index in [0.717, 1.165) is 22.9 Å². The number of anilines is 2. The first kappa shape index (κ1) is 20.2. The lowest BCUT2D eigenvalue weighted by molar-refractivity contribution is -0.141. The molecule has 32 heavy (non-hydrogen) atoms. The molecule has 0 spiro atoms. The maximum Gasteiger partial charge on any atom is 0.433 e. The summed E-state index contributed by atoms with van der Waals surface area (Å²) in [5.74, 6) is 0.201. The Hall–Kier alpha value is -3.69. The summed E-state index contributed by atoms with van der Waals surface area (Å²) in [6.45, 7) is 1.65. The topological polar surface area (TPSA) is 71.5 Å². The number of benzene rings is 1. The smallest absolute Gasteiger partial charge is 0.433 e. The number of carbonyl (C=O) groups is 1. The molecule has 0 atom stereocenters. The molecule has 1 fully saturated rings. The number of alkyl halides is 3. The van der Waals surface area contributed by atoms with Crippen LogP contribution in [0.3, 0.4) is 0 Å². The molecule has 3 aromatic rings. The highest BCUT2D eigenvalue weighted by molar-refractivity contribution is 5.90. The van der Waals surface area contributed by atoms with Crippen LogP contribution in [-0.2, 0) is 23.9 Å². The van der Waals surface area contributed by atoms with Gasteiger partial charge < -0.3 is 9.64 Å². The van der Waals surface area contributed by atoms with Gasteiger partial charge in [0, 0.05) is 37.1 Å². The Bertz CT molecular complexity index is 1170. The highest BCUT2D eigenvalue weighted by atomic mass is 19.4. The Morgan fingerprint density at radius 2 is 1.84 bits per heavy atom. The fourth-order valence-corrected chi connectivity index (χ4v) is 4.02. The number of carbonyl (C=O) groups excluding carboxylic acids is 1. The molecule has 1 amide bonds. The Morgan fingerprint density at radius 1 is 1.03 bits per heavy atom. The molecule has 1 aromatic carbocycles. The minimum Gasteiger partial charge on any atom is -0.447 e. The molecule has 0 radical (unpaired) electrons. The number of cyclic esters (lactones) is 1. The van der Waals surface area contributed by atoms with Crippen LogP contribution in [0, 0.1) is 0 Å². The Kier molecular flexibility index (Phi) is 4.91. The maximum absolute atomic E-state index is 13.6. The highest BCUT2D eigenvalue weighted by Crippen LogP contribution is 2.35. The van der Waals surface area contributed by atoms with Gasteiger partial charge in [0.05, 0.1) is 12.2 Å². The van der Waals surface area contributed by atoms with Crippen LogP contribution in [-0.4, -0.2) is 40.7 Å². The number of halogens is 3. The van der Waals surface area contributed by atoms with Gasteiger partial charge in [-0.1, -0.05) is 12.1 Å². The zero-order valence-corrected chi connectivity index (χ0v) is 16.8. The molecular formula is C22H18F3N5O2. The minimum absolute atomic E-state index is 0.00316. The van der Waals surface area contributed by atoms with Gasteiger partial charge in [-0.2, -0.15) is 13.2 Å². The summed E-state index contributed by atoms with van der Waals surface area (Å²) in [6.07, 6.45) is -1.45. The van der Waals surface area contributed by atoms with Crippen LogP contribution in [0.15, 0.2) is 48.8 Å². The summed E-state index contributed by atoms with van der Waals surface area (Å²) in [5.41, 5.74) is 2.20. The van der Waals surface area contributed by atoms with Crippen molar-refractivity contribution < 1.29 is 22.7 Å². The van der Waals surface area contributed by atoms with Crippen molar-refractivity contribution in [2.45, 2.75) is 19.1 Å². The average molecular weight is 441 g/mol. The van der Waals surface area contributed by atoms with Crippen LogP contribution in [0.5, 0.6) is 0 Å². The fraction of sp³-hybridized carbons (Fsp3) is 0.273. The van der Waals surface area contributed by atoms with Crippen LogP contribution >= 0.6 is 0 Å². The first-order valence-corrected chi connectivity index (χ1v) is 10.1. The van der Waals surface area contributed by atoms with E-state index in [0.29, 0.717) is 38.2 Å². The van der Waals surface area contributed by atoms with Gasteiger partial charge in [0.1, 0.15) is 12.4 Å². The van der Waals surface area contributed by atoms with Crippen molar-refractivity contribution >= 4 is 17.6 Å². The molecule has 2 aliphatic heterocycles. The number of ether oxygens (including phenoxy) is 1. The predicted octanol–water partition coefficient (Wildman–Crippen LogP) is 4.08. The van der Waals surface area contributed by atoms with E-state index in [4.69, 9.17) is 4.74 Å². The van der Waals surface area contributed by atoms with E-state index < -0.39 is 11.9 Å². The molecule has 0 unspecified atom stereocenters. The molecule has 0 aliphatic carbocycles. The summed E-state index contributed by atoms with van der Waals surface area (Å²) in [4.78, 5) is 27.5. The Balaban J connectivity index is 1.51. The van der Waals surface area contributed by atoms with Crippen molar-refractivity contribution in [3.8, 4) is 11.4 Å². The number of aromatic nitrogens is 3. The lowest BCUT2D eigenvalue weighted by Crippen LogP contribution is -2.33. The molecule has 0 N–H and O–H groups in total. The third-order valence-corrected chi connectivity index (χ3v) is 5.56. The molecule has 1 saturated heterocycles. The molecule has 4 heterocycles. The number of amides is 1. The predicted molar refractivity (Wildman–Crippen MR) is 110 cm³/mol. The van der Waals surface area contributed by atoms with Crippen molar-refractivity contribution in [3.05, 3.63) is 65.6 Å². The standard InChI is InChI=1S/C22H18F3N5O2/c23-22(24,25)18-12-19(28-20(27-18)14-4-7-26-8-5-14)29-9-6-16-15(13-29)2-1-3-17(16)30-10-11-32-21(30)31/h1-5,7-8,12H,6,9-11,13H2. The van der Waals surface area contributed by atoms with Crippen LogP contribution in [0.25, 0.3) is 11.4 Å². The van der Waals surface area contributed by atoms with Crippen LogP contribution < -0.4 is 9.80 Å². The van der Waals surface area contributed by atoms with E-state index in [-0.39, 0.29) is 17.7 Å². The summed E-state index contributed by atoms with van der Waals surface area (Å²) in [7, 11) is 0. The lowest BCUT2D eigenvalue weighted by atomic mass is 9.97. The van der Waals surface area contributed by atoms with Gasteiger partial charge in [-0.25, -0.2) is 14.8 Å². The van der Waals surface area contributed by atoms with Crippen molar-refractivity contribution in [2.75, 3.05) is 29.5 Å². The van der Waals surface area contributed by atoms with E-state index in [9.17, 15) is 18.0 Å². The first-order valence-electron chi connectivity index (χ1n) is 10.1. The number of hydrogen-bond acceptors (Lipinski definition) is 6. The van der Waals surface area contributed by atoms with Gasteiger partial charge in [-0.05, 0) is 35.7 Å². The summed E-state index contributed by atoms with van der Waals surface area (Å²) in [5, 5.41) is 0. The molecule has 0 bridgehead atoms. The Morgan fingerprint density at radius 3 is 2.56 bits per heavy atom. The molecule has 2 aliphatic rings. The minimum atomic E-state index is -4.60. The number of nitrogens with zero attached hydrogens (tertiary/aromatic N) is 5. The summed E-state index contributed by atoms with van der Waals surface area (Å²) < 4.78 is 45.7. The van der Waals surface area contributed by atoms with E-state index in [1.807, 2.05) is 18.2 Å². The molecule has 2 aromatic heterocycles. The van der Waals surface area contributed by atoms with Gasteiger partial charge in [0.2, 0.25) is 0 Å². The quantitative estimate of drug-likeness (QED) is 0.610. The Labute approximate surface area is 181 Å². The zero-order chi connectivity index (χ0) is 22.3. The van der Waals surface area contributed by atoms with E-state index >= 15 is 0 Å². The molecule has 10 heteroatoms. The average Bonchev–Trinajstić information content (AvgIpc) is 3.23. The zero-order valence-electron chi connectivity index (χ0n) is 16.8. The van der Waals surface area contributed by atoms with Crippen LogP contribution in [0.2, 0.25) is 0 Å². The van der Waals surface area contributed by atoms with Gasteiger partial charge in [0.25, 0.3) is 0 Å². The third-order valence-electron chi connectivity index (χ3n) is 5.56. The number of hydrogen-bond donors (Lipinski definition) is 0. The van der Waals surface area contributed by atoms with Crippen LogP contribution in [0.4, 0.5) is 29.5 Å². The monoisotopic (exact) mass is 441 g/mol. The molecule has 164 valence electrons. The van der Waals surface area contributed by atoms with Gasteiger partial charge in [0.15, 0.2) is 11.5 Å². The second kappa shape index (κ2) is 7.77. The SMILES string of the molecule is O=C1OCCN1c1cccc2c1CCN(c1cc(C(F)(F)F)nc(-c3ccncc3)n1)C2. The third kappa shape index (κ3) is 3.72.